The Kier molecular flexibility index (Phi) is 6.37. The van der Waals surface area contributed by atoms with Gasteiger partial charge in [0.25, 0.3) is 0 Å². The van der Waals surface area contributed by atoms with Crippen LogP contribution in [-0.4, -0.2) is 19.0 Å². The van der Waals surface area contributed by atoms with Crippen molar-refractivity contribution in [3.63, 3.8) is 0 Å². The largest absolute Gasteiger partial charge is 0.351 e. The Morgan fingerprint density at radius 1 is 1.00 bits per heavy atom. The highest BCUT2D eigenvalue weighted by Gasteiger charge is 2.01. The summed E-state index contributed by atoms with van der Waals surface area (Å²) in [5.41, 5.74) is 2.04. The number of hydrogen-bond acceptors (Lipinski definition) is 2. The van der Waals surface area contributed by atoms with Gasteiger partial charge in [-0.05, 0) is 48.4 Å². The van der Waals surface area contributed by atoms with Crippen molar-refractivity contribution >= 4 is 17.5 Å². The number of hydrogen-bond donors (Lipinski definition) is 2. The van der Waals surface area contributed by atoms with Gasteiger partial charge in [0.2, 0.25) is 5.91 Å². The van der Waals surface area contributed by atoms with Crippen LogP contribution in [0.4, 0.5) is 4.39 Å². The highest BCUT2D eigenvalue weighted by molar-refractivity contribution is 6.30. The smallest absolute Gasteiger partial charge is 0.234 e. The first kappa shape index (κ1) is 16.5. The summed E-state index contributed by atoms with van der Waals surface area (Å²) in [6.07, 6.45) is 0.755. The van der Waals surface area contributed by atoms with Gasteiger partial charge in [0.1, 0.15) is 5.82 Å². The summed E-state index contributed by atoms with van der Waals surface area (Å²) in [6, 6.07) is 13.7. The Labute approximate surface area is 134 Å². The molecule has 1 amide bonds. The van der Waals surface area contributed by atoms with Gasteiger partial charge in [0.05, 0.1) is 6.54 Å². The quantitative estimate of drug-likeness (QED) is 0.770. The van der Waals surface area contributed by atoms with Crippen molar-refractivity contribution < 1.29 is 9.18 Å². The van der Waals surface area contributed by atoms with Crippen LogP contribution in [0.5, 0.6) is 0 Å². The molecular formula is C17H18ClFN2O. The Morgan fingerprint density at radius 3 is 2.32 bits per heavy atom. The topological polar surface area (TPSA) is 41.1 Å². The molecule has 0 atom stereocenters. The first-order valence-electron chi connectivity index (χ1n) is 7.10. The maximum Gasteiger partial charge on any atom is 0.234 e. The fraction of sp³-hybridized carbons (Fsp3) is 0.235. The molecule has 0 saturated carbocycles. The zero-order valence-corrected chi connectivity index (χ0v) is 12.9. The fourth-order valence-electron chi connectivity index (χ4n) is 1.95. The monoisotopic (exact) mass is 320 g/mol. The third-order valence-corrected chi connectivity index (χ3v) is 3.44. The Balaban J connectivity index is 1.61. The molecule has 0 aromatic heterocycles. The lowest BCUT2D eigenvalue weighted by Crippen LogP contribution is -2.34. The second kappa shape index (κ2) is 8.51. The normalized spacial score (nSPS) is 10.5. The molecule has 0 spiro atoms. The van der Waals surface area contributed by atoms with Gasteiger partial charge in [-0.3, -0.25) is 4.79 Å². The minimum Gasteiger partial charge on any atom is -0.351 e. The van der Waals surface area contributed by atoms with E-state index < -0.39 is 0 Å². The molecular weight excluding hydrogens is 303 g/mol. The van der Waals surface area contributed by atoms with E-state index in [0.717, 1.165) is 17.5 Å². The molecule has 0 aliphatic rings. The summed E-state index contributed by atoms with van der Waals surface area (Å²) in [7, 11) is 0. The standard InChI is InChI=1S/C17H18ClFN2O/c18-15-5-1-14(2-6-15)11-21-17(22)12-20-10-9-13-3-7-16(19)8-4-13/h1-8,20H,9-12H2,(H,21,22). The first-order valence-corrected chi connectivity index (χ1v) is 7.47. The van der Waals surface area contributed by atoms with E-state index in [1.807, 2.05) is 12.1 Å². The van der Waals surface area contributed by atoms with Gasteiger partial charge in [-0.15, -0.1) is 0 Å². The van der Waals surface area contributed by atoms with Crippen LogP contribution in [0.3, 0.4) is 0 Å². The van der Waals surface area contributed by atoms with Crippen molar-refractivity contribution in [1.29, 1.82) is 0 Å². The van der Waals surface area contributed by atoms with Crippen molar-refractivity contribution in [2.45, 2.75) is 13.0 Å². The van der Waals surface area contributed by atoms with E-state index in [1.54, 1.807) is 24.3 Å². The third-order valence-electron chi connectivity index (χ3n) is 3.19. The molecule has 0 aliphatic heterocycles. The average molecular weight is 321 g/mol. The number of nitrogens with one attached hydrogen (secondary N) is 2. The fourth-order valence-corrected chi connectivity index (χ4v) is 2.08. The van der Waals surface area contributed by atoms with Crippen LogP contribution >= 0.6 is 11.6 Å². The number of benzene rings is 2. The Bertz CT molecular complexity index is 599. The molecule has 5 heteroatoms. The molecule has 2 rings (SSSR count). The van der Waals surface area contributed by atoms with Gasteiger partial charge in [0, 0.05) is 11.6 Å². The Hall–Kier alpha value is -1.91. The number of carbonyl (C=O) groups is 1. The summed E-state index contributed by atoms with van der Waals surface area (Å²) in [4.78, 5) is 11.7. The predicted octanol–water partition coefficient (Wildman–Crippen LogP) is 2.93. The van der Waals surface area contributed by atoms with Gasteiger partial charge in [-0.1, -0.05) is 35.9 Å². The van der Waals surface area contributed by atoms with Crippen LogP contribution in [0.2, 0.25) is 5.02 Å². The third kappa shape index (κ3) is 5.84. The van der Waals surface area contributed by atoms with Crippen molar-refractivity contribution in [1.82, 2.24) is 10.6 Å². The molecule has 2 aromatic carbocycles. The van der Waals surface area contributed by atoms with Crippen molar-refractivity contribution in [2.24, 2.45) is 0 Å². The summed E-state index contributed by atoms with van der Waals surface area (Å²) >= 11 is 5.80. The molecule has 0 fully saturated rings. The lowest BCUT2D eigenvalue weighted by molar-refractivity contribution is -0.120. The van der Waals surface area contributed by atoms with Gasteiger partial charge < -0.3 is 10.6 Å². The lowest BCUT2D eigenvalue weighted by Gasteiger charge is -2.07. The molecule has 0 unspecified atom stereocenters. The number of carbonyl (C=O) groups excluding carboxylic acids is 1. The first-order chi connectivity index (χ1) is 10.6. The van der Waals surface area contributed by atoms with Crippen molar-refractivity contribution in [3.8, 4) is 0 Å². The van der Waals surface area contributed by atoms with Gasteiger partial charge in [-0.25, -0.2) is 4.39 Å². The van der Waals surface area contributed by atoms with Gasteiger partial charge in [0.15, 0.2) is 0 Å². The highest BCUT2D eigenvalue weighted by atomic mass is 35.5. The molecule has 0 aliphatic carbocycles. The van der Waals surface area contributed by atoms with Crippen LogP contribution in [0.1, 0.15) is 11.1 Å². The number of amides is 1. The molecule has 0 saturated heterocycles. The van der Waals surface area contributed by atoms with E-state index in [9.17, 15) is 9.18 Å². The molecule has 2 aromatic rings. The maximum absolute atomic E-state index is 12.8. The zero-order valence-electron chi connectivity index (χ0n) is 12.1. The zero-order chi connectivity index (χ0) is 15.8. The average Bonchev–Trinajstić information content (AvgIpc) is 2.53. The molecule has 116 valence electrons. The number of halogens is 2. The van der Waals surface area contributed by atoms with E-state index in [4.69, 9.17) is 11.6 Å². The predicted molar refractivity (Wildman–Crippen MR) is 86.3 cm³/mol. The summed E-state index contributed by atoms with van der Waals surface area (Å²) < 4.78 is 12.8. The van der Waals surface area contributed by atoms with Gasteiger partial charge in [-0.2, -0.15) is 0 Å². The molecule has 22 heavy (non-hydrogen) atoms. The summed E-state index contributed by atoms with van der Waals surface area (Å²) in [5, 5.41) is 6.58. The van der Waals surface area contributed by atoms with Crippen LogP contribution in [0.25, 0.3) is 0 Å². The molecule has 0 heterocycles. The second-order valence-corrected chi connectivity index (χ2v) is 5.39. The molecule has 2 N–H and O–H groups in total. The molecule has 3 nitrogen and oxygen atoms in total. The second-order valence-electron chi connectivity index (χ2n) is 4.96. The summed E-state index contributed by atoms with van der Waals surface area (Å²) in [5.74, 6) is -0.299. The van der Waals surface area contributed by atoms with E-state index >= 15 is 0 Å². The lowest BCUT2D eigenvalue weighted by atomic mass is 10.1. The van der Waals surface area contributed by atoms with E-state index in [-0.39, 0.29) is 18.3 Å². The Morgan fingerprint density at radius 2 is 1.64 bits per heavy atom. The van der Waals surface area contributed by atoms with Gasteiger partial charge >= 0.3 is 0 Å². The van der Waals surface area contributed by atoms with Crippen molar-refractivity contribution in [2.75, 3.05) is 13.1 Å². The highest BCUT2D eigenvalue weighted by Crippen LogP contribution is 2.09. The number of rotatable bonds is 7. The maximum atomic E-state index is 12.8. The van der Waals surface area contributed by atoms with E-state index in [0.29, 0.717) is 18.1 Å². The SMILES string of the molecule is O=C(CNCCc1ccc(F)cc1)NCc1ccc(Cl)cc1. The van der Waals surface area contributed by atoms with Crippen LogP contribution < -0.4 is 10.6 Å². The summed E-state index contributed by atoms with van der Waals surface area (Å²) in [6.45, 7) is 1.41. The molecule has 0 bridgehead atoms. The van der Waals surface area contributed by atoms with Crippen LogP contribution in [-0.2, 0) is 17.8 Å². The minimum atomic E-state index is -0.238. The molecule has 0 radical (unpaired) electrons. The van der Waals surface area contributed by atoms with E-state index in [2.05, 4.69) is 10.6 Å². The van der Waals surface area contributed by atoms with Crippen LogP contribution in [0.15, 0.2) is 48.5 Å². The minimum absolute atomic E-state index is 0.0611. The van der Waals surface area contributed by atoms with Crippen LogP contribution in [0, 0.1) is 5.82 Å². The van der Waals surface area contributed by atoms with Crippen molar-refractivity contribution in [3.05, 3.63) is 70.5 Å². The van der Waals surface area contributed by atoms with E-state index in [1.165, 1.54) is 12.1 Å².